The monoisotopic (exact) mass is 502 g/mol. The largest absolute Gasteiger partial charge is 0.417 e. The van der Waals surface area contributed by atoms with Gasteiger partial charge in [0.05, 0.1) is 17.5 Å². The quantitative estimate of drug-likeness (QED) is 0.241. The lowest BCUT2D eigenvalue weighted by Gasteiger charge is -2.09. The molecule has 2 aromatic carbocycles. The van der Waals surface area contributed by atoms with Crippen molar-refractivity contribution in [2.24, 2.45) is 5.10 Å². The summed E-state index contributed by atoms with van der Waals surface area (Å²) in [5.74, 6) is 0.182. The van der Waals surface area contributed by atoms with Gasteiger partial charge in [-0.15, -0.1) is 10.2 Å². The molecule has 162 valence electrons. The fraction of sp³-hybridized carbons (Fsp3) is 0.158. The predicted molar refractivity (Wildman–Crippen MR) is 119 cm³/mol. The summed E-state index contributed by atoms with van der Waals surface area (Å²) in [6.07, 6.45) is -3.53. The van der Waals surface area contributed by atoms with E-state index in [1.165, 1.54) is 53.1 Å². The number of carbonyl (C=O) groups is 1. The van der Waals surface area contributed by atoms with Gasteiger partial charge in [-0.3, -0.25) is 4.79 Å². The summed E-state index contributed by atoms with van der Waals surface area (Å²) in [7, 11) is 0. The molecule has 0 saturated heterocycles. The lowest BCUT2D eigenvalue weighted by atomic mass is 10.1. The topological polar surface area (TPSA) is 67.2 Å². The molecule has 0 atom stereocenters. The Kier molecular flexibility index (Phi) is 8.35. The number of carbonyl (C=O) groups excluding carboxylic acids is 1. The fourth-order valence-corrected chi connectivity index (χ4v) is 5.37. The van der Waals surface area contributed by atoms with Gasteiger partial charge in [-0.05, 0) is 17.7 Å². The van der Waals surface area contributed by atoms with Crippen LogP contribution in [0.5, 0.6) is 0 Å². The van der Waals surface area contributed by atoms with Crippen LogP contribution in [0.3, 0.4) is 0 Å². The van der Waals surface area contributed by atoms with E-state index in [0.717, 1.165) is 22.2 Å². The van der Waals surface area contributed by atoms with E-state index in [1.807, 2.05) is 24.3 Å². The van der Waals surface area contributed by atoms with Gasteiger partial charge >= 0.3 is 6.18 Å². The molecule has 1 amide bonds. The van der Waals surface area contributed by atoms with Crippen molar-refractivity contribution in [3.63, 3.8) is 0 Å². The number of halogens is 4. The molecule has 1 aromatic heterocycles. The molecule has 1 N–H and O–H groups in total. The first-order valence-electron chi connectivity index (χ1n) is 8.63. The summed E-state index contributed by atoms with van der Waals surface area (Å²) < 4.78 is 40.2. The molecular weight excluding hydrogens is 489 g/mol. The lowest BCUT2D eigenvalue weighted by molar-refractivity contribution is -0.137. The molecule has 0 aliphatic heterocycles. The van der Waals surface area contributed by atoms with Crippen LogP contribution in [0.15, 0.2) is 62.3 Å². The molecule has 0 saturated carbocycles. The van der Waals surface area contributed by atoms with Gasteiger partial charge in [-0.1, -0.05) is 82.9 Å². The second-order valence-electron chi connectivity index (χ2n) is 5.88. The average Bonchev–Trinajstić information content (AvgIpc) is 3.19. The summed E-state index contributed by atoms with van der Waals surface area (Å²) in [6, 6.07) is 12.5. The number of thioether (sulfide) groups is 2. The highest BCUT2D eigenvalue weighted by atomic mass is 35.5. The minimum atomic E-state index is -4.50. The molecule has 0 radical (unpaired) electrons. The highest BCUT2D eigenvalue weighted by Crippen LogP contribution is 2.32. The Morgan fingerprint density at radius 3 is 2.52 bits per heavy atom. The molecular formula is C19H14ClF3N4OS3. The van der Waals surface area contributed by atoms with Gasteiger partial charge < -0.3 is 0 Å². The van der Waals surface area contributed by atoms with E-state index in [0.29, 0.717) is 15.1 Å². The third-order valence-corrected chi connectivity index (χ3v) is 7.29. The second-order valence-corrected chi connectivity index (χ2v) is 9.71. The Balaban J connectivity index is 1.46. The van der Waals surface area contributed by atoms with Gasteiger partial charge in [0, 0.05) is 16.3 Å². The smallest absolute Gasteiger partial charge is 0.272 e. The van der Waals surface area contributed by atoms with Crippen LogP contribution in [0.2, 0.25) is 5.02 Å². The number of rotatable bonds is 8. The summed E-state index contributed by atoms with van der Waals surface area (Å²) in [4.78, 5) is 11.9. The summed E-state index contributed by atoms with van der Waals surface area (Å²) in [6.45, 7) is 0. The van der Waals surface area contributed by atoms with Crippen molar-refractivity contribution in [2.75, 3.05) is 5.75 Å². The molecule has 12 heteroatoms. The molecule has 3 rings (SSSR count). The molecule has 0 aliphatic rings. The Labute approximate surface area is 193 Å². The van der Waals surface area contributed by atoms with E-state index in [4.69, 9.17) is 11.6 Å². The van der Waals surface area contributed by atoms with Crippen molar-refractivity contribution in [3.8, 4) is 0 Å². The summed E-state index contributed by atoms with van der Waals surface area (Å²) in [5.41, 5.74) is 2.25. The number of nitrogens with zero attached hydrogens (tertiary/aromatic N) is 3. The number of hydrogen-bond acceptors (Lipinski definition) is 7. The van der Waals surface area contributed by atoms with Crippen LogP contribution in [0.4, 0.5) is 13.2 Å². The number of aromatic nitrogens is 2. The highest BCUT2D eigenvalue weighted by Gasteiger charge is 2.32. The zero-order valence-corrected chi connectivity index (χ0v) is 18.8. The zero-order valence-electron chi connectivity index (χ0n) is 15.6. The first kappa shape index (κ1) is 23.6. The van der Waals surface area contributed by atoms with E-state index in [-0.39, 0.29) is 11.3 Å². The molecule has 5 nitrogen and oxygen atoms in total. The molecule has 0 aliphatic carbocycles. The van der Waals surface area contributed by atoms with Crippen LogP contribution < -0.4 is 5.43 Å². The van der Waals surface area contributed by atoms with Crippen LogP contribution in [0, 0.1) is 0 Å². The SMILES string of the molecule is O=C(CSc1nnc(SCc2ccccc2Cl)s1)NN=Cc1ccccc1C(F)(F)F. The summed E-state index contributed by atoms with van der Waals surface area (Å²) >= 11 is 10.1. The molecule has 1 heterocycles. The van der Waals surface area contributed by atoms with Crippen LogP contribution >= 0.6 is 46.5 Å². The van der Waals surface area contributed by atoms with Crippen molar-refractivity contribution < 1.29 is 18.0 Å². The third-order valence-electron chi connectivity index (χ3n) is 3.68. The highest BCUT2D eigenvalue weighted by molar-refractivity contribution is 8.03. The van der Waals surface area contributed by atoms with E-state index in [2.05, 4.69) is 20.7 Å². The maximum atomic E-state index is 12.9. The molecule has 0 spiro atoms. The number of nitrogens with one attached hydrogen (secondary N) is 1. The summed E-state index contributed by atoms with van der Waals surface area (Å²) in [5, 5.41) is 12.4. The molecule has 0 fully saturated rings. The second kappa shape index (κ2) is 11.0. The van der Waals surface area contributed by atoms with Gasteiger partial charge in [0.1, 0.15) is 0 Å². The Morgan fingerprint density at radius 1 is 1.10 bits per heavy atom. The number of amides is 1. The molecule has 31 heavy (non-hydrogen) atoms. The first-order valence-corrected chi connectivity index (χ1v) is 11.8. The molecule has 0 bridgehead atoms. The van der Waals surface area contributed by atoms with Gasteiger partial charge in [0.15, 0.2) is 8.68 Å². The maximum Gasteiger partial charge on any atom is 0.417 e. The van der Waals surface area contributed by atoms with E-state index >= 15 is 0 Å². The fourth-order valence-electron chi connectivity index (χ4n) is 2.27. The van der Waals surface area contributed by atoms with Gasteiger partial charge in [0.25, 0.3) is 5.91 Å². The first-order chi connectivity index (χ1) is 14.8. The van der Waals surface area contributed by atoms with Crippen LogP contribution in [-0.4, -0.2) is 28.1 Å². The number of hydrazone groups is 1. The van der Waals surface area contributed by atoms with E-state index in [9.17, 15) is 18.0 Å². The number of benzene rings is 2. The predicted octanol–water partition coefficient (Wildman–Crippen LogP) is 5.75. The van der Waals surface area contributed by atoms with E-state index < -0.39 is 17.6 Å². The van der Waals surface area contributed by atoms with E-state index in [1.54, 1.807) is 0 Å². The van der Waals surface area contributed by atoms with Crippen LogP contribution in [0.1, 0.15) is 16.7 Å². The van der Waals surface area contributed by atoms with Crippen molar-refractivity contribution >= 4 is 58.6 Å². The lowest BCUT2D eigenvalue weighted by Crippen LogP contribution is -2.20. The van der Waals surface area contributed by atoms with Crippen molar-refractivity contribution in [3.05, 3.63) is 70.2 Å². The maximum absolute atomic E-state index is 12.9. The van der Waals surface area contributed by atoms with Crippen LogP contribution in [-0.2, 0) is 16.7 Å². The average molecular weight is 503 g/mol. The van der Waals surface area contributed by atoms with Crippen molar-refractivity contribution in [1.29, 1.82) is 0 Å². The zero-order chi connectivity index (χ0) is 22.3. The Hall–Kier alpha value is -2.08. The Bertz CT molecular complexity index is 1080. The number of hydrogen-bond donors (Lipinski definition) is 1. The minimum Gasteiger partial charge on any atom is -0.272 e. The standard InChI is InChI=1S/C19H14ClF3N4OS3/c20-15-8-4-2-6-13(15)10-29-17-26-27-18(31-17)30-11-16(28)25-24-9-12-5-1-3-7-14(12)19(21,22)23/h1-9H,10-11H2,(H,25,28). The normalized spacial score (nSPS) is 11.7. The van der Waals surface area contributed by atoms with Crippen molar-refractivity contribution in [2.45, 2.75) is 20.6 Å². The molecule has 0 unspecified atom stereocenters. The van der Waals surface area contributed by atoms with Crippen molar-refractivity contribution in [1.82, 2.24) is 15.6 Å². The van der Waals surface area contributed by atoms with Gasteiger partial charge in [0.2, 0.25) is 0 Å². The van der Waals surface area contributed by atoms with Gasteiger partial charge in [-0.2, -0.15) is 18.3 Å². The number of alkyl halides is 3. The minimum absolute atomic E-state index is 0.00205. The van der Waals surface area contributed by atoms with Crippen LogP contribution in [0.25, 0.3) is 0 Å². The van der Waals surface area contributed by atoms with Gasteiger partial charge in [-0.25, -0.2) is 5.43 Å². The Morgan fingerprint density at radius 2 is 1.77 bits per heavy atom. The third kappa shape index (κ3) is 7.23. The molecule has 3 aromatic rings.